The number of carboxylic acids is 1. The first-order valence-electron chi connectivity index (χ1n) is 7.26. The molecule has 3 rings (SSSR count). The Morgan fingerprint density at radius 2 is 1.95 bits per heavy atom. The van der Waals surface area contributed by atoms with Crippen LogP contribution in [0, 0.1) is 5.82 Å². The molecule has 1 fully saturated rings. The summed E-state index contributed by atoms with van der Waals surface area (Å²) in [5.41, 5.74) is -0.380. The van der Waals surface area contributed by atoms with Crippen LogP contribution in [0.3, 0.4) is 0 Å². The minimum atomic E-state index is -1.25. The largest absolute Gasteiger partial charge is 0.477 e. The molecule has 1 aromatic carbocycles. The van der Waals surface area contributed by atoms with Gasteiger partial charge in [-0.05, 0) is 40.9 Å². The monoisotopic (exact) mass is 367 g/mol. The Hall–Kier alpha value is -1.69. The number of hydrogen-bond acceptors (Lipinski definition) is 2. The molecule has 1 aromatic heterocycles. The van der Waals surface area contributed by atoms with Crippen molar-refractivity contribution in [1.29, 1.82) is 0 Å². The maximum absolute atomic E-state index is 13.9. The van der Waals surface area contributed by atoms with Crippen molar-refractivity contribution in [3.8, 4) is 0 Å². The number of nitrogens with zero attached hydrogens (tertiary/aromatic N) is 1. The molecule has 0 aliphatic heterocycles. The molecule has 1 N–H and O–H groups in total. The third-order valence-corrected chi connectivity index (χ3v) is 4.88. The molecular formula is C16H15BrFNO3. The summed E-state index contributed by atoms with van der Waals surface area (Å²) in [6.07, 6.45) is 6.46. The van der Waals surface area contributed by atoms with Gasteiger partial charge in [0.05, 0.1) is 9.99 Å². The summed E-state index contributed by atoms with van der Waals surface area (Å²) >= 11 is 3.06. The Labute approximate surface area is 134 Å². The summed E-state index contributed by atoms with van der Waals surface area (Å²) in [6, 6.07) is 2.79. The lowest BCUT2D eigenvalue weighted by Gasteiger charge is -2.26. The van der Waals surface area contributed by atoms with Crippen LogP contribution >= 0.6 is 15.9 Å². The third-order valence-electron chi connectivity index (χ3n) is 4.27. The highest BCUT2D eigenvalue weighted by Gasteiger charge is 2.21. The van der Waals surface area contributed by atoms with Gasteiger partial charge in [-0.3, -0.25) is 4.79 Å². The summed E-state index contributed by atoms with van der Waals surface area (Å²) in [7, 11) is 0. The Balaban J connectivity index is 2.33. The Kier molecular flexibility index (Phi) is 4.04. The van der Waals surface area contributed by atoms with E-state index >= 15 is 0 Å². The van der Waals surface area contributed by atoms with Gasteiger partial charge in [-0.2, -0.15) is 0 Å². The van der Waals surface area contributed by atoms with Gasteiger partial charge in [0.15, 0.2) is 0 Å². The summed E-state index contributed by atoms with van der Waals surface area (Å²) < 4.78 is 15.8. The number of aromatic carboxylic acids is 1. The second kappa shape index (κ2) is 5.83. The van der Waals surface area contributed by atoms with Gasteiger partial charge >= 0.3 is 5.97 Å². The quantitative estimate of drug-likeness (QED) is 0.868. The molecule has 0 bridgehead atoms. The maximum atomic E-state index is 13.9. The molecular weight excluding hydrogens is 353 g/mol. The van der Waals surface area contributed by atoms with E-state index in [1.54, 1.807) is 4.57 Å². The Morgan fingerprint density at radius 1 is 1.27 bits per heavy atom. The first-order valence-corrected chi connectivity index (χ1v) is 8.05. The predicted octanol–water partition coefficient (Wildman–Crippen LogP) is 4.11. The summed E-state index contributed by atoms with van der Waals surface area (Å²) in [5.74, 6) is -1.71. The second-order valence-corrected chi connectivity index (χ2v) is 6.51. The number of fused-ring (bicyclic) bond motifs is 1. The lowest BCUT2D eigenvalue weighted by Crippen LogP contribution is -2.22. The van der Waals surface area contributed by atoms with E-state index in [1.165, 1.54) is 18.3 Å². The number of pyridine rings is 1. The highest BCUT2D eigenvalue weighted by molar-refractivity contribution is 9.10. The molecule has 0 saturated heterocycles. The van der Waals surface area contributed by atoms with E-state index < -0.39 is 17.2 Å². The van der Waals surface area contributed by atoms with Crippen LogP contribution in [0.2, 0.25) is 0 Å². The van der Waals surface area contributed by atoms with Crippen molar-refractivity contribution in [3.63, 3.8) is 0 Å². The van der Waals surface area contributed by atoms with E-state index in [4.69, 9.17) is 0 Å². The zero-order valence-electron chi connectivity index (χ0n) is 11.8. The van der Waals surface area contributed by atoms with E-state index in [0.717, 1.165) is 32.1 Å². The van der Waals surface area contributed by atoms with E-state index in [-0.39, 0.29) is 21.5 Å². The first kappa shape index (κ1) is 15.2. The van der Waals surface area contributed by atoms with Gasteiger partial charge in [-0.15, -0.1) is 0 Å². The molecule has 1 heterocycles. The van der Waals surface area contributed by atoms with Crippen molar-refractivity contribution in [1.82, 2.24) is 4.57 Å². The molecule has 116 valence electrons. The number of halogens is 2. The van der Waals surface area contributed by atoms with Crippen LogP contribution in [-0.4, -0.2) is 15.6 Å². The number of rotatable bonds is 2. The summed E-state index contributed by atoms with van der Waals surface area (Å²) in [4.78, 5) is 23.7. The van der Waals surface area contributed by atoms with Crippen LogP contribution in [0.25, 0.3) is 10.9 Å². The average Bonchev–Trinajstić information content (AvgIpc) is 2.50. The highest BCUT2D eigenvalue weighted by Crippen LogP contribution is 2.32. The van der Waals surface area contributed by atoms with Gasteiger partial charge in [0.2, 0.25) is 5.43 Å². The van der Waals surface area contributed by atoms with Crippen LogP contribution in [0.4, 0.5) is 4.39 Å². The van der Waals surface area contributed by atoms with Crippen LogP contribution in [-0.2, 0) is 0 Å². The summed E-state index contributed by atoms with van der Waals surface area (Å²) in [6.45, 7) is 0. The van der Waals surface area contributed by atoms with Crippen LogP contribution in [0.15, 0.2) is 27.6 Å². The second-order valence-electron chi connectivity index (χ2n) is 5.66. The van der Waals surface area contributed by atoms with Gasteiger partial charge < -0.3 is 9.67 Å². The van der Waals surface area contributed by atoms with Crippen LogP contribution < -0.4 is 5.43 Å². The fourth-order valence-corrected chi connectivity index (χ4v) is 3.50. The van der Waals surface area contributed by atoms with Crippen LogP contribution in [0.5, 0.6) is 0 Å². The molecule has 0 amide bonds. The number of carbonyl (C=O) groups is 1. The van der Waals surface area contributed by atoms with Gasteiger partial charge in [0.25, 0.3) is 0 Å². The van der Waals surface area contributed by atoms with Crippen LogP contribution in [0.1, 0.15) is 48.5 Å². The molecule has 4 nitrogen and oxygen atoms in total. The topological polar surface area (TPSA) is 59.3 Å². The molecule has 0 radical (unpaired) electrons. The lowest BCUT2D eigenvalue weighted by atomic mass is 9.94. The number of hydrogen-bond donors (Lipinski definition) is 1. The zero-order valence-corrected chi connectivity index (χ0v) is 13.4. The van der Waals surface area contributed by atoms with Gasteiger partial charge in [0.1, 0.15) is 11.4 Å². The minimum Gasteiger partial charge on any atom is -0.477 e. The minimum absolute atomic E-state index is 0.107. The van der Waals surface area contributed by atoms with Crippen molar-refractivity contribution in [2.24, 2.45) is 0 Å². The molecule has 0 unspecified atom stereocenters. The molecule has 1 aliphatic rings. The first-order chi connectivity index (χ1) is 10.5. The van der Waals surface area contributed by atoms with E-state index in [2.05, 4.69) is 15.9 Å². The molecule has 1 saturated carbocycles. The van der Waals surface area contributed by atoms with Gasteiger partial charge in [-0.1, -0.05) is 19.3 Å². The summed E-state index contributed by atoms with van der Waals surface area (Å²) in [5, 5.41) is 9.51. The SMILES string of the molecule is O=C(O)c1cn(C2CCCCC2)c2cc(F)c(Br)cc2c1=O. The smallest absolute Gasteiger partial charge is 0.341 e. The molecule has 0 atom stereocenters. The van der Waals surface area contributed by atoms with Crippen molar-refractivity contribution in [2.75, 3.05) is 0 Å². The van der Waals surface area contributed by atoms with E-state index in [1.807, 2.05) is 0 Å². The average molecular weight is 368 g/mol. The van der Waals surface area contributed by atoms with Crippen molar-refractivity contribution in [2.45, 2.75) is 38.1 Å². The molecule has 22 heavy (non-hydrogen) atoms. The Bertz CT molecular complexity index is 809. The molecule has 1 aliphatic carbocycles. The van der Waals surface area contributed by atoms with E-state index in [9.17, 15) is 19.1 Å². The maximum Gasteiger partial charge on any atom is 0.341 e. The van der Waals surface area contributed by atoms with Crippen molar-refractivity contribution in [3.05, 3.63) is 44.4 Å². The number of carboxylic acid groups (broad SMARTS) is 1. The van der Waals surface area contributed by atoms with Gasteiger partial charge in [-0.25, -0.2) is 9.18 Å². The number of benzene rings is 1. The molecule has 0 spiro atoms. The normalized spacial score (nSPS) is 16.1. The number of aromatic nitrogens is 1. The van der Waals surface area contributed by atoms with E-state index in [0.29, 0.717) is 5.52 Å². The lowest BCUT2D eigenvalue weighted by molar-refractivity contribution is 0.0694. The standard InChI is InChI=1S/C16H15BrFNO3/c17-12-6-10-14(7-13(12)18)19(9-4-2-1-3-5-9)8-11(15(10)20)16(21)22/h6-9H,1-5H2,(H,21,22). The third kappa shape index (κ3) is 2.56. The fraction of sp³-hybridized carbons (Fsp3) is 0.375. The Morgan fingerprint density at radius 3 is 2.59 bits per heavy atom. The predicted molar refractivity (Wildman–Crippen MR) is 84.9 cm³/mol. The molecule has 2 aromatic rings. The van der Waals surface area contributed by atoms with Crippen molar-refractivity contribution < 1.29 is 14.3 Å². The molecule has 6 heteroatoms. The fourth-order valence-electron chi connectivity index (χ4n) is 3.16. The van der Waals surface area contributed by atoms with Crippen molar-refractivity contribution >= 4 is 32.8 Å². The zero-order chi connectivity index (χ0) is 15.9. The van der Waals surface area contributed by atoms with Gasteiger partial charge in [0, 0.05) is 17.6 Å². The highest BCUT2D eigenvalue weighted by atomic mass is 79.9.